The highest BCUT2D eigenvalue weighted by Crippen LogP contribution is 2.35. The Balaban J connectivity index is 2.14. The number of carbonyl (C=O) groups excluding carboxylic acids is 1. The second-order valence-corrected chi connectivity index (χ2v) is 9.39. The Kier molecular flexibility index (Phi) is 6.57. The molecule has 0 saturated carbocycles. The lowest BCUT2D eigenvalue weighted by molar-refractivity contribution is 0.138. The van der Waals surface area contributed by atoms with E-state index >= 15 is 0 Å². The Bertz CT molecular complexity index is 808. The Morgan fingerprint density at radius 1 is 1.00 bits per heavy atom. The number of hydrogen-bond donors (Lipinski definition) is 1. The minimum atomic E-state index is -4.14. The van der Waals surface area contributed by atoms with Crippen molar-refractivity contribution in [3.05, 3.63) is 66.2 Å². The molecule has 0 saturated heterocycles. The first-order chi connectivity index (χ1) is 11.7. The molecule has 1 amide bonds. The number of alkyl halides is 3. The zero-order chi connectivity index (χ0) is 18.5. The molecule has 2 aromatic rings. The number of hydrogen-bond acceptors (Lipinski definition) is 4. The van der Waals surface area contributed by atoms with Gasteiger partial charge in [0.05, 0.1) is 4.90 Å². The second kappa shape index (κ2) is 8.27. The average molecular weight is 423 g/mol. The van der Waals surface area contributed by atoms with Gasteiger partial charge in [-0.05, 0) is 17.7 Å². The van der Waals surface area contributed by atoms with Gasteiger partial charge in [0.15, 0.2) is 5.37 Å². The van der Waals surface area contributed by atoms with Crippen LogP contribution in [0.5, 0.6) is 0 Å². The Morgan fingerprint density at radius 2 is 1.52 bits per heavy atom. The summed E-state index contributed by atoms with van der Waals surface area (Å²) >= 11 is 17.3. The monoisotopic (exact) mass is 421 g/mol. The summed E-state index contributed by atoms with van der Waals surface area (Å²) in [5, 5.41) is 0.311. The van der Waals surface area contributed by atoms with Crippen LogP contribution in [0.4, 0.5) is 4.79 Å². The van der Waals surface area contributed by atoms with Crippen molar-refractivity contribution in [1.29, 1.82) is 0 Å². The van der Waals surface area contributed by atoms with Gasteiger partial charge >= 0.3 is 6.09 Å². The molecular weight excluding hydrogens is 409 g/mol. The van der Waals surface area contributed by atoms with Gasteiger partial charge in [-0.15, -0.1) is 0 Å². The van der Waals surface area contributed by atoms with Crippen molar-refractivity contribution >= 4 is 50.7 Å². The molecule has 1 atom stereocenters. The van der Waals surface area contributed by atoms with Gasteiger partial charge in [-0.1, -0.05) is 83.3 Å². The summed E-state index contributed by atoms with van der Waals surface area (Å²) in [4.78, 5) is 11.9. The number of rotatable bonds is 5. The maximum Gasteiger partial charge on any atom is 0.408 e. The van der Waals surface area contributed by atoms with Crippen LogP contribution in [0, 0.1) is 0 Å². The van der Waals surface area contributed by atoms with Crippen molar-refractivity contribution in [2.45, 2.75) is 20.7 Å². The summed E-state index contributed by atoms with van der Waals surface area (Å²) in [5.41, 5.74) is 0.731. The lowest BCUT2D eigenvalue weighted by Gasteiger charge is -2.25. The van der Waals surface area contributed by atoms with Gasteiger partial charge in [0.2, 0.25) is 13.6 Å². The van der Waals surface area contributed by atoms with Crippen LogP contribution < -0.4 is 5.32 Å². The number of nitrogens with one attached hydrogen (secondary N) is 1. The van der Waals surface area contributed by atoms with E-state index in [9.17, 15) is 13.2 Å². The molecule has 0 fully saturated rings. The average Bonchev–Trinajstić information content (AvgIpc) is 2.58. The van der Waals surface area contributed by atoms with Crippen molar-refractivity contribution in [3.8, 4) is 0 Å². The molecular formula is C16H14Cl3NO4S. The molecule has 25 heavy (non-hydrogen) atoms. The molecule has 0 aliphatic rings. The zero-order valence-electron chi connectivity index (χ0n) is 12.7. The van der Waals surface area contributed by atoms with E-state index in [1.165, 1.54) is 24.3 Å². The van der Waals surface area contributed by atoms with Gasteiger partial charge in [-0.2, -0.15) is 0 Å². The molecule has 2 rings (SSSR count). The number of amides is 1. The second-order valence-electron chi connectivity index (χ2n) is 4.99. The zero-order valence-corrected chi connectivity index (χ0v) is 15.8. The van der Waals surface area contributed by atoms with Crippen LogP contribution in [0.3, 0.4) is 0 Å². The smallest absolute Gasteiger partial charge is 0.408 e. The van der Waals surface area contributed by atoms with Crippen molar-refractivity contribution in [1.82, 2.24) is 5.32 Å². The molecule has 134 valence electrons. The fraction of sp³-hybridized carbons (Fsp3) is 0.188. The van der Waals surface area contributed by atoms with E-state index < -0.39 is 25.1 Å². The van der Waals surface area contributed by atoms with E-state index in [0.29, 0.717) is 0 Å². The van der Waals surface area contributed by atoms with Crippen LogP contribution >= 0.6 is 34.8 Å². The highest BCUT2D eigenvalue weighted by atomic mass is 35.6. The molecule has 0 aliphatic heterocycles. The molecule has 0 aromatic heterocycles. The fourth-order valence-corrected chi connectivity index (χ4v) is 4.58. The molecule has 0 spiro atoms. The molecule has 0 radical (unpaired) electrons. The number of ether oxygens (including phenoxy) is 1. The fourth-order valence-electron chi connectivity index (χ4n) is 1.95. The van der Waals surface area contributed by atoms with E-state index in [1.54, 1.807) is 30.3 Å². The maximum absolute atomic E-state index is 12.7. The third kappa shape index (κ3) is 5.51. The van der Waals surface area contributed by atoms with E-state index in [2.05, 4.69) is 5.32 Å². The summed E-state index contributed by atoms with van der Waals surface area (Å²) in [6.45, 7) is -0.0510. The molecule has 0 aliphatic carbocycles. The van der Waals surface area contributed by atoms with Gasteiger partial charge in [0.25, 0.3) is 0 Å². The van der Waals surface area contributed by atoms with Gasteiger partial charge in [0, 0.05) is 0 Å². The van der Waals surface area contributed by atoms with E-state index in [4.69, 9.17) is 39.5 Å². The lowest BCUT2D eigenvalue weighted by Crippen LogP contribution is -2.49. The number of alkyl carbamates (subject to hydrolysis) is 1. The van der Waals surface area contributed by atoms with Crippen LogP contribution in [0.15, 0.2) is 65.6 Å². The molecule has 0 bridgehead atoms. The first-order valence-electron chi connectivity index (χ1n) is 7.04. The third-order valence-electron chi connectivity index (χ3n) is 3.14. The predicted octanol–water partition coefficient (Wildman–Crippen LogP) is 4.08. The molecule has 5 nitrogen and oxygen atoms in total. The first kappa shape index (κ1) is 19.8. The van der Waals surface area contributed by atoms with E-state index in [-0.39, 0.29) is 11.5 Å². The standard InChI is InChI=1S/C16H14Cl3NO4S/c17-16(18,19)14(25(22,23)13-9-5-2-6-10-13)20-15(21)24-11-12-7-3-1-4-8-12/h1-10,14H,11H2,(H,20,21). The number of carbonyl (C=O) groups is 1. The van der Waals surface area contributed by atoms with Crippen molar-refractivity contribution < 1.29 is 17.9 Å². The number of sulfone groups is 1. The Morgan fingerprint density at radius 3 is 2.04 bits per heavy atom. The normalized spacial score (nSPS) is 13.1. The van der Waals surface area contributed by atoms with Gasteiger partial charge in [0.1, 0.15) is 6.61 Å². The lowest BCUT2D eigenvalue weighted by atomic mass is 10.2. The number of halogens is 3. The summed E-state index contributed by atoms with van der Waals surface area (Å²) in [6, 6.07) is 16.2. The van der Waals surface area contributed by atoms with Crippen LogP contribution in [-0.4, -0.2) is 23.7 Å². The summed E-state index contributed by atoms with van der Waals surface area (Å²) in [7, 11) is -4.14. The summed E-state index contributed by atoms with van der Waals surface area (Å²) < 4.78 is 28.0. The Hall–Kier alpha value is -1.47. The number of benzene rings is 2. The molecule has 0 heterocycles. The predicted molar refractivity (Wildman–Crippen MR) is 97.5 cm³/mol. The summed E-state index contributed by atoms with van der Waals surface area (Å²) in [6.07, 6.45) is -1.01. The Labute approximate surface area is 160 Å². The quantitative estimate of drug-likeness (QED) is 0.737. The minimum absolute atomic E-state index is 0.0510. The highest BCUT2D eigenvalue weighted by molar-refractivity contribution is 7.92. The van der Waals surface area contributed by atoms with E-state index in [1.807, 2.05) is 6.07 Å². The highest BCUT2D eigenvalue weighted by Gasteiger charge is 2.45. The molecule has 1 N–H and O–H groups in total. The maximum atomic E-state index is 12.7. The largest absolute Gasteiger partial charge is 0.445 e. The van der Waals surface area contributed by atoms with Gasteiger partial charge in [-0.25, -0.2) is 13.2 Å². The molecule has 2 aromatic carbocycles. The van der Waals surface area contributed by atoms with Crippen LogP contribution in [0.25, 0.3) is 0 Å². The van der Waals surface area contributed by atoms with Crippen LogP contribution in [0.2, 0.25) is 0 Å². The van der Waals surface area contributed by atoms with Crippen LogP contribution in [-0.2, 0) is 21.2 Å². The molecule has 1 unspecified atom stereocenters. The van der Waals surface area contributed by atoms with E-state index in [0.717, 1.165) is 5.56 Å². The van der Waals surface area contributed by atoms with Crippen molar-refractivity contribution in [3.63, 3.8) is 0 Å². The van der Waals surface area contributed by atoms with Crippen molar-refractivity contribution in [2.75, 3.05) is 0 Å². The first-order valence-corrected chi connectivity index (χ1v) is 9.72. The summed E-state index contributed by atoms with van der Waals surface area (Å²) in [5.74, 6) is 0. The van der Waals surface area contributed by atoms with Gasteiger partial charge in [-0.3, -0.25) is 0 Å². The topological polar surface area (TPSA) is 72.5 Å². The van der Waals surface area contributed by atoms with Gasteiger partial charge < -0.3 is 10.1 Å². The van der Waals surface area contributed by atoms with Crippen LogP contribution in [0.1, 0.15) is 5.56 Å². The van der Waals surface area contributed by atoms with Crippen molar-refractivity contribution in [2.24, 2.45) is 0 Å². The third-order valence-corrected chi connectivity index (χ3v) is 6.21. The molecule has 9 heteroatoms. The minimum Gasteiger partial charge on any atom is -0.445 e. The SMILES string of the molecule is O=C(NC(C(Cl)(Cl)Cl)S(=O)(=O)c1ccccc1)OCc1ccccc1.